The third-order valence-electron chi connectivity index (χ3n) is 3.41. The molecular weight excluding hydrogens is 351 g/mol. The van der Waals surface area contributed by atoms with Crippen molar-refractivity contribution >= 4 is 38.4 Å². The van der Waals surface area contributed by atoms with Crippen molar-refractivity contribution in [1.29, 1.82) is 5.41 Å². The minimum absolute atomic E-state index is 0.0541. The Bertz CT molecular complexity index is 958. The van der Waals surface area contributed by atoms with E-state index < -0.39 is 17.6 Å². The molecule has 0 amide bonds. The van der Waals surface area contributed by atoms with E-state index in [0.29, 0.717) is 5.13 Å². The highest BCUT2D eigenvalue weighted by Crippen LogP contribution is 2.31. The number of hydrogen-bond acceptors (Lipinski definition) is 4. The molecule has 0 bridgehead atoms. The number of nitrogens with one attached hydrogen (secondary N) is 1. The van der Waals surface area contributed by atoms with Crippen LogP contribution in [-0.4, -0.2) is 16.7 Å². The molecule has 1 heterocycles. The summed E-state index contributed by atoms with van der Waals surface area (Å²) in [7, 11) is 0. The maximum atomic E-state index is 13.0. The van der Waals surface area contributed by atoms with Gasteiger partial charge >= 0.3 is 6.18 Å². The summed E-state index contributed by atoms with van der Waals surface area (Å²) in [6.07, 6.45) is -4.54. The zero-order chi connectivity index (χ0) is 18.2. The van der Waals surface area contributed by atoms with E-state index in [9.17, 15) is 13.2 Å². The van der Waals surface area contributed by atoms with Gasteiger partial charge in [-0.15, -0.1) is 0 Å². The van der Waals surface area contributed by atoms with Gasteiger partial charge in [0.15, 0.2) is 0 Å². The number of nitrogens with two attached hydrogens (primary N) is 2. The molecule has 128 valence electrons. The number of hydrogen-bond donors (Lipinski definition) is 3. The summed E-state index contributed by atoms with van der Waals surface area (Å²) in [6, 6.07) is 10.1. The molecule has 3 aromatic rings. The number of para-hydroxylation sites is 1. The Labute approximate surface area is 144 Å². The number of aromatic nitrogens is 1. The van der Waals surface area contributed by atoms with Gasteiger partial charge in [0.1, 0.15) is 11.7 Å². The van der Waals surface area contributed by atoms with Gasteiger partial charge in [-0.3, -0.25) is 5.41 Å². The first kappa shape index (κ1) is 16.9. The highest BCUT2D eigenvalue weighted by Gasteiger charge is 2.31. The van der Waals surface area contributed by atoms with Crippen molar-refractivity contribution < 1.29 is 13.2 Å². The number of aliphatic imine (C=N–C) groups is 1. The summed E-state index contributed by atoms with van der Waals surface area (Å²) < 4.78 is 39.7. The molecule has 0 aliphatic carbocycles. The molecule has 0 unspecified atom stereocenters. The number of nitrogen functional groups attached to an aromatic ring is 1. The summed E-state index contributed by atoms with van der Waals surface area (Å²) in [6.45, 7) is 0. The second-order valence-electron chi connectivity index (χ2n) is 5.13. The second kappa shape index (κ2) is 6.17. The van der Waals surface area contributed by atoms with E-state index in [1.54, 1.807) is 6.07 Å². The Hall–Kier alpha value is -2.94. The quantitative estimate of drug-likeness (QED) is 0.489. The van der Waals surface area contributed by atoms with Crippen LogP contribution in [0.15, 0.2) is 47.5 Å². The van der Waals surface area contributed by atoms with E-state index >= 15 is 0 Å². The van der Waals surface area contributed by atoms with Crippen molar-refractivity contribution in [2.45, 2.75) is 6.18 Å². The van der Waals surface area contributed by atoms with Gasteiger partial charge in [-0.1, -0.05) is 23.5 Å². The van der Waals surface area contributed by atoms with Crippen LogP contribution in [-0.2, 0) is 6.18 Å². The SMILES string of the molecule is N=C(N)c1ccc(C(F)(F)F)cc1/C(N)=N/c1nc2ccccc2s1. The van der Waals surface area contributed by atoms with Crippen LogP contribution in [0.25, 0.3) is 10.2 Å². The Morgan fingerprint density at radius 2 is 1.80 bits per heavy atom. The van der Waals surface area contributed by atoms with Crippen molar-refractivity contribution in [2.24, 2.45) is 16.5 Å². The van der Waals surface area contributed by atoms with Crippen molar-refractivity contribution in [3.63, 3.8) is 0 Å². The predicted molar refractivity (Wildman–Crippen MR) is 92.5 cm³/mol. The number of rotatable bonds is 3. The van der Waals surface area contributed by atoms with Gasteiger partial charge in [0.2, 0.25) is 5.13 Å². The highest BCUT2D eigenvalue weighted by atomic mass is 32.1. The van der Waals surface area contributed by atoms with Crippen LogP contribution in [0.4, 0.5) is 18.3 Å². The molecule has 25 heavy (non-hydrogen) atoms. The third-order valence-corrected chi connectivity index (χ3v) is 4.34. The van der Waals surface area contributed by atoms with Crippen molar-refractivity contribution in [1.82, 2.24) is 4.98 Å². The lowest BCUT2D eigenvalue weighted by Crippen LogP contribution is -2.22. The zero-order valence-electron chi connectivity index (χ0n) is 12.6. The molecule has 0 aliphatic heterocycles. The molecule has 0 fully saturated rings. The van der Waals surface area contributed by atoms with Crippen LogP contribution >= 0.6 is 11.3 Å². The van der Waals surface area contributed by atoms with Gasteiger partial charge in [-0.05, 0) is 30.3 Å². The number of amidine groups is 2. The van der Waals surface area contributed by atoms with Gasteiger partial charge in [-0.2, -0.15) is 13.2 Å². The fraction of sp³-hybridized carbons (Fsp3) is 0.0625. The average Bonchev–Trinajstić information content (AvgIpc) is 2.95. The van der Waals surface area contributed by atoms with Crippen LogP contribution in [0.1, 0.15) is 16.7 Å². The summed E-state index contributed by atoms with van der Waals surface area (Å²) >= 11 is 1.26. The van der Waals surface area contributed by atoms with Gasteiger partial charge in [-0.25, -0.2) is 9.98 Å². The summed E-state index contributed by atoms with van der Waals surface area (Å²) in [5.74, 6) is -0.582. The molecule has 2 aromatic carbocycles. The second-order valence-corrected chi connectivity index (χ2v) is 6.14. The minimum atomic E-state index is -4.54. The van der Waals surface area contributed by atoms with Crippen LogP contribution in [0, 0.1) is 5.41 Å². The maximum Gasteiger partial charge on any atom is 0.416 e. The lowest BCUT2D eigenvalue weighted by Gasteiger charge is -2.12. The maximum absolute atomic E-state index is 13.0. The van der Waals surface area contributed by atoms with Gasteiger partial charge < -0.3 is 11.5 Å². The molecule has 0 aliphatic rings. The van der Waals surface area contributed by atoms with Gasteiger partial charge in [0, 0.05) is 11.1 Å². The van der Waals surface area contributed by atoms with E-state index in [1.165, 1.54) is 11.3 Å². The topological polar surface area (TPSA) is 101 Å². The molecule has 0 saturated carbocycles. The van der Waals surface area contributed by atoms with E-state index in [0.717, 1.165) is 28.4 Å². The lowest BCUT2D eigenvalue weighted by atomic mass is 10.0. The third kappa shape index (κ3) is 3.45. The summed E-state index contributed by atoms with van der Waals surface area (Å²) in [5.41, 5.74) is 11.2. The van der Waals surface area contributed by atoms with Crippen LogP contribution < -0.4 is 11.5 Å². The molecule has 0 saturated heterocycles. The Kier molecular flexibility index (Phi) is 4.17. The van der Waals surface area contributed by atoms with Crippen molar-refractivity contribution in [3.8, 4) is 0 Å². The number of nitrogens with zero attached hydrogens (tertiary/aromatic N) is 2. The average molecular weight is 363 g/mol. The molecule has 0 spiro atoms. The van der Waals surface area contributed by atoms with E-state index in [4.69, 9.17) is 16.9 Å². The Morgan fingerprint density at radius 1 is 1.08 bits per heavy atom. The molecule has 1 aromatic heterocycles. The monoisotopic (exact) mass is 363 g/mol. The van der Waals surface area contributed by atoms with Gasteiger partial charge in [0.25, 0.3) is 0 Å². The predicted octanol–water partition coefficient (Wildman–Crippen LogP) is 3.64. The summed E-state index contributed by atoms with van der Waals surface area (Å²) in [4.78, 5) is 8.38. The Balaban J connectivity index is 2.10. The first-order valence-corrected chi connectivity index (χ1v) is 7.83. The fourth-order valence-corrected chi connectivity index (χ4v) is 3.09. The van der Waals surface area contributed by atoms with Crippen molar-refractivity contribution in [2.75, 3.05) is 0 Å². The number of fused-ring (bicyclic) bond motifs is 1. The standard InChI is InChI=1S/C16H12F3N5S/c17-16(18,19)8-5-6-9(13(20)21)10(7-8)14(22)24-15-23-11-3-1-2-4-12(11)25-15/h1-7H,(H3,20,21)(H2,22,23,24). The minimum Gasteiger partial charge on any atom is -0.384 e. The molecule has 0 atom stereocenters. The fourth-order valence-electron chi connectivity index (χ4n) is 2.24. The van der Waals surface area contributed by atoms with E-state index in [1.807, 2.05) is 18.2 Å². The number of benzene rings is 2. The van der Waals surface area contributed by atoms with Crippen molar-refractivity contribution in [3.05, 3.63) is 59.2 Å². The number of halogens is 3. The highest BCUT2D eigenvalue weighted by molar-refractivity contribution is 7.22. The smallest absolute Gasteiger partial charge is 0.384 e. The molecule has 3 rings (SSSR count). The first-order chi connectivity index (χ1) is 11.8. The molecule has 5 N–H and O–H groups in total. The molecular formula is C16H12F3N5S. The molecule has 9 heteroatoms. The number of alkyl halides is 3. The van der Waals surface area contributed by atoms with Gasteiger partial charge in [0.05, 0.1) is 15.8 Å². The van der Waals surface area contributed by atoms with E-state index in [2.05, 4.69) is 9.98 Å². The van der Waals surface area contributed by atoms with Crippen LogP contribution in [0.5, 0.6) is 0 Å². The normalized spacial score (nSPS) is 12.5. The lowest BCUT2D eigenvalue weighted by molar-refractivity contribution is -0.137. The Morgan fingerprint density at radius 3 is 2.44 bits per heavy atom. The van der Waals surface area contributed by atoms with E-state index in [-0.39, 0.29) is 17.0 Å². The zero-order valence-corrected chi connectivity index (χ0v) is 13.4. The largest absolute Gasteiger partial charge is 0.416 e. The van der Waals surface area contributed by atoms with Crippen LogP contribution in [0.3, 0.4) is 0 Å². The van der Waals surface area contributed by atoms with Crippen LogP contribution in [0.2, 0.25) is 0 Å². The molecule has 5 nitrogen and oxygen atoms in total. The molecule has 0 radical (unpaired) electrons. The first-order valence-electron chi connectivity index (χ1n) is 7.01. The summed E-state index contributed by atoms with van der Waals surface area (Å²) in [5, 5.41) is 7.85. The number of thiazole rings is 1.